The highest BCUT2D eigenvalue weighted by Crippen LogP contribution is 2.27. The van der Waals surface area contributed by atoms with E-state index in [0.29, 0.717) is 18.6 Å². The van der Waals surface area contributed by atoms with Gasteiger partial charge in [0.1, 0.15) is 0 Å². The fraction of sp³-hybridized carbons (Fsp3) is 0.765. The van der Waals surface area contributed by atoms with Crippen molar-refractivity contribution in [2.24, 2.45) is 13.0 Å². The van der Waals surface area contributed by atoms with Crippen molar-refractivity contribution in [1.29, 1.82) is 0 Å². The van der Waals surface area contributed by atoms with E-state index in [0.717, 1.165) is 25.2 Å². The van der Waals surface area contributed by atoms with Crippen LogP contribution in [-0.4, -0.2) is 58.9 Å². The lowest BCUT2D eigenvalue weighted by molar-refractivity contribution is -0.124. The van der Waals surface area contributed by atoms with Crippen LogP contribution in [0.3, 0.4) is 0 Å². The Bertz CT molecular complexity index is 503. The summed E-state index contributed by atoms with van der Waals surface area (Å²) in [6.07, 6.45) is 3.88. The van der Waals surface area contributed by atoms with Crippen LogP contribution in [0.5, 0.6) is 0 Å². The molecule has 2 heterocycles. The van der Waals surface area contributed by atoms with E-state index in [1.807, 2.05) is 19.4 Å². The van der Waals surface area contributed by atoms with Gasteiger partial charge in [0.25, 0.3) is 0 Å². The van der Waals surface area contributed by atoms with Crippen molar-refractivity contribution in [3.63, 3.8) is 0 Å². The van der Waals surface area contributed by atoms with Crippen LogP contribution in [0.4, 0.5) is 0 Å². The van der Waals surface area contributed by atoms with Gasteiger partial charge in [-0.1, -0.05) is 0 Å². The minimum Gasteiger partial charge on any atom is -0.355 e. The van der Waals surface area contributed by atoms with Gasteiger partial charge >= 0.3 is 0 Å². The Morgan fingerprint density at radius 2 is 2.09 bits per heavy atom. The molecule has 0 spiro atoms. The predicted molar refractivity (Wildman–Crippen MR) is 92.3 cm³/mol. The minimum atomic E-state index is -0.00856. The molecule has 1 aliphatic rings. The highest BCUT2D eigenvalue weighted by molar-refractivity contribution is 5.80. The summed E-state index contributed by atoms with van der Waals surface area (Å²) in [4.78, 5) is 15.0. The van der Waals surface area contributed by atoms with Crippen LogP contribution in [0.25, 0.3) is 0 Å². The van der Waals surface area contributed by atoms with Gasteiger partial charge in [0.2, 0.25) is 5.91 Å². The Balaban J connectivity index is 1.87. The molecule has 1 saturated heterocycles. The van der Waals surface area contributed by atoms with Crippen molar-refractivity contribution in [3.05, 3.63) is 18.0 Å². The number of amides is 1. The van der Waals surface area contributed by atoms with Gasteiger partial charge in [0.15, 0.2) is 0 Å². The second-order valence-electron chi connectivity index (χ2n) is 7.03. The van der Waals surface area contributed by atoms with Crippen molar-refractivity contribution in [2.75, 3.05) is 26.2 Å². The third kappa shape index (κ3) is 4.54. The van der Waals surface area contributed by atoms with Crippen LogP contribution in [-0.2, 0) is 11.8 Å². The summed E-state index contributed by atoms with van der Waals surface area (Å²) in [5, 5.41) is 10.7. The zero-order valence-corrected chi connectivity index (χ0v) is 15.0. The molecule has 1 aromatic heterocycles. The maximum Gasteiger partial charge on any atom is 0.225 e. The van der Waals surface area contributed by atoms with Crippen LogP contribution >= 0.6 is 0 Å². The maximum absolute atomic E-state index is 12.6. The van der Waals surface area contributed by atoms with Gasteiger partial charge < -0.3 is 10.6 Å². The van der Waals surface area contributed by atoms with E-state index in [-0.39, 0.29) is 17.7 Å². The number of hydrogen-bond acceptors (Lipinski definition) is 4. The quantitative estimate of drug-likeness (QED) is 0.785. The van der Waals surface area contributed by atoms with E-state index < -0.39 is 0 Å². The molecule has 1 aromatic rings. The van der Waals surface area contributed by atoms with E-state index >= 15 is 0 Å². The first-order chi connectivity index (χ1) is 10.9. The summed E-state index contributed by atoms with van der Waals surface area (Å²) >= 11 is 0. The van der Waals surface area contributed by atoms with Crippen molar-refractivity contribution in [3.8, 4) is 0 Å². The molecule has 23 heavy (non-hydrogen) atoms. The summed E-state index contributed by atoms with van der Waals surface area (Å²) in [7, 11) is 1.91. The highest BCUT2D eigenvalue weighted by Gasteiger charge is 2.34. The van der Waals surface area contributed by atoms with Gasteiger partial charge in [0, 0.05) is 57.4 Å². The van der Waals surface area contributed by atoms with Gasteiger partial charge in [-0.3, -0.25) is 14.4 Å². The molecule has 0 aliphatic carbocycles. The smallest absolute Gasteiger partial charge is 0.225 e. The summed E-state index contributed by atoms with van der Waals surface area (Å²) in [5.74, 6) is 0.358. The maximum atomic E-state index is 12.6. The number of hydrogen-bond donors (Lipinski definition) is 2. The van der Waals surface area contributed by atoms with Crippen molar-refractivity contribution < 1.29 is 4.79 Å². The Morgan fingerprint density at radius 1 is 1.39 bits per heavy atom. The summed E-state index contributed by atoms with van der Waals surface area (Å²) < 4.78 is 1.80. The zero-order chi connectivity index (χ0) is 17.0. The number of rotatable bonds is 7. The number of aryl methyl sites for hydroxylation is 1. The molecule has 6 heteroatoms. The molecule has 0 unspecified atom stereocenters. The molecule has 0 aromatic carbocycles. The highest BCUT2D eigenvalue weighted by atomic mass is 16.1. The van der Waals surface area contributed by atoms with Crippen LogP contribution in [0, 0.1) is 5.92 Å². The molecule has 130 valence electrons. The molecule has 1 amide bonds. The lowest BCUT2D eigenvalue weighted by atomic mass is 9.90. The number of carbonyl (C=O) groups excluding carboxylic acids is 1. The van der Waals surface area contributed by atoms with Crippen LogP contribution in [0.2, 0.25) is 0 Å². The monoisotopic (exact) mass is 321 g/mol. The average molecular weight is 321 g/mol. The van der Waals surface area contributed by atoms with Crippen LogP contribution < -0.4 is 10.6 Å². The Labute approximate surface area is 139 Å². The fourth-order valence-corrected chi connectivity index (χ4v) is 3.49. The first kappa shape index (κ1) is 17.9. The predicted octanol–water partition coefficient (Wildman–Crippen LogP) is 0.958. The van der Waals surface area contributed by atoms with Crippen molar-refractivity contribution in [2.45, 2.75) is 45.7 Å². The zero-order valence-electron chi connectivity index (χ0n) is 15.0. The van der Waals surface area contributed by atoms with Gasteiger partial charge in [0.05, 0.1) is 12.1 Å². The first-order valence-electron chi connectivity index (χ1n) is 8.62. The van der Waals surface area contributed by atoms with Crippen LogP contribution in [0.15, 0.2) is 12.4 Å². The molecule has 6 nitrogen and oxygen atoms in total. The van der Waals surface area contributed by atoms with Crippen molar-refractivity contribution >= 4 is 5.91 Å². The molecule has 0 saturated carbocycles. The molecule has 2 N–H and O–H groups in total. The SMILES string of the molecule is CC(C)N(CCNC(=O)[C@H]1CNC[C@@H]1c1cnn(C)c1)C(C)C. The van der Waals surface area contributed by atoms with Crippen LogP contribution in [0.1, 0.15) is 39.2 Å². The lowest BCUT2D eigenvalue weighted by Gasteiger charge is -2.30. The largest absolute Gasteiger partial charge is 0.355 e. The summed E-state index contributed by atoms with van der Waals surface area (Å²) in [6.45, 7) is 12.0. The fourth-order valence-electron chi connectivity index (χ4n) is 3.49. The molecule has 2 atom stereocenters. The molecule has 1 aliphatic heterocycles. The topological polar surface area (TPSA) is 62.2 Å². The number of nitrogens with zero attached hydrogens (tertiary/aromatic N) is 3. The minimum absolute atomic E-state index is 0.00856. The Morgan fingerprint density at radius 3 is 2.65 bits per heavy atom. The second kappa shape index (κ2) is 7.93. The van der Waals surface area contributed by atoms with E-state index in [1.54, 1.807) is 4.68 Å². The lowest BCUT2D eigenvalue weighted by Crippen LogP contribution is -2.44. The van der Waals surface area contributed by atoms with E-state index in [2.05, 4.69) is 48.3 Å². The third-order valence-electron chi connectivity index (χ3n) is 4.70. The number of nitrogens with one attached hydrogen (secondary N) is 2. The van der Waals surface area contributed by atoms with Gasteiger partial charge in [-0.2, -0.15) is 5.10 Å². The summed E-state index contributed by atoms with van der Waals surface area (Å²) in [6, 6.07) is 0.978. The standard InChI is InChI=1S/C17H31N5O/c1-12(2)22(13(3)4)7-6-19-17(23)16-10-18-9-15(16)14-8-20-21(5)11-14/h8,11-13,15-16,18H,6-7,9-10H2,1-5H3,(H,19,23)/t15-,16+/m1/s1. The molecule has 2 rings (SSSR count). The van der Waals surface area contributed by atoms with E-state index in [4.69, 9.17) is 0 Å². The second-order valence-corrected chi connectivity index (χ2v) is 7.03. The van der Waals surface area contributed by atoms with Gasteiger partial charge in [-0.15, -0.1) is 0 Å². The molecular weight excluding hydrogens is 290 g/mol. The van der Waals surface area contributed by atoms with Gasteiger partial charge in [-0.25, -0.2) is 0 Å². The van der Waals surface area contributed by atoms with Gasteiger partial charge in [-0.05, 0) is 33.3 Å². The molecule has 0 bridgehead atoms. The number of aromatic nitrogens is 2. The molecule has 1 fully saturated rings. The summed E-state index contributed by atoms with van der Waals surface area (Å²) in [5.41, 5.74) is 1.14. The number of carbonyl (C=O) groups is 1. The van der Waals surface area contributed by atoms with Crippen molar-refractivity contribution in [1.82, 2.24) is 25.3 Å². The third-order valence-corrected chi connectivity index (χ3v) is 4.70. The van der Waals surface area contributed by atoms with E-state index in [9.17, 15) is 4.79 Å². The van der Waals surface area contributed by atoms with E-state index in [1.165, 1.54) is 0 Å². The molecular formula is C17H31N5O. The average Bonchev–Trinajstić information content (AvgIpc) is 3.10. The normalized spacial score (nSPS) is 21.6. The molecule has 0 radical (unpaired) electrons. The Kier molecular flexibility index (Phi) is 6.18. The first-order valence-corrected chi connectivity index (χ1v) is 8.62. The Hall–Kier alpha value is -1.40.